The molecule has 6 nitrogen and oxygen atoms in total. The molecule has 0 radical (unpaired) electrons. The molecule has 142 valence electrons. The summed E-state index contributed by atoms with van der Waals surface area (Å²) in [7, 11) is 0. The quantitative estimate of drug-likeness (QED) is 0.625. The van der Waals surface area contributed by atoms with E-state index in [0.29, 0.717) is 0 Å². The van der Waals surface area contributed by atoms with E-state index in [4.69, 9.17) is 17.3 Å². The maximum absolute atomic E-state index is 12.1. The van der Waals surface area contributed by atoms with Crippen molar-refractivity contribution >= 4 is 23.4 Å². The fourth-order valence-electron chi connectivity index (χ4n) is 2.82. The molecule has 0 saturated carbocycles. The molecule has 3 aromatic rings. The third kappa shape index (κ3) is 4.86. The predicted octanol–water partition coefficient (Wildman–Crippen LogP) is 3.11. The van der Waals surface area contributed by atoms with Crippen LogP contribution in [0.4, 0.5) is 0 Å². The Labute approximate surface area is 167 Å². The van der Waals surface area contributed by atoms with Gasteiger partial charge >= 0.3 is 0 Å². The van der Waals surface area contributed by atoms with Crippen LogP contribution in [0.3, 0.4) is 0 Å². The van der Waals surface area contributed by atoms with E-state index in [0.717, 1.165) is 27.9 Å². The van der Waals surface area contributed by atoms with Crippen LogP contribution >= 0.6 is 11.6 Å². The lowest BCUT2D eigenvalue weighted by Crippen LogP contribution is -2.37. The van der Waals surface area contributed by atoms with Crippen molar-refractivity contribution in [2.75, 3.05) is 6.54 Å². The van der Waals surface area contributed by atoms with E-state index < -0.39 is 5.91 Å². The van der Waals surface area contributed by atoms with Crippen molar-refractivity contribution in [3.8, 4) is 16.8 Å². The Balaban J connectivity index is 1.83. The first-order valence-corrected chi connectivity index (χ1v) is 9.04. The van der Waals surface area contributed by atoms with Crippen LogP contribution in [0.5, 0.6) is 0 Å². The molecular weight excluding hydrogens is 376 g/mol. The first kappa shape index (κ1) is 19.4. The van der Waals surface area contributed by atoms with Gasteiger partial charge in [-0.15, -0.1) is 0 Å². The molecule has 3 rings (SSSR count). The van der Waals surface area contributed by atoms with E-state index in [-0.39, 0.29) is 19.0 Å². The van der Waals surface area contributed by atoms with Crippen molar-refractivity contribution in [1.29, 1.82) is 0 Å². The molecule has 1 heterocycles. The topological polar surface area (TPSA) is 81.2 Å². The molecule has 0 saturated heterocycles. The second-order valence-corrected chi connectivity index (χ2v) is 6.41. The van der Waals surface area contributed by atoms with Gasteiger partial charge in [-0.05, 0) is 29.3 Å². The summed E-state index contributed by atoms with van der Waals surface area (Å²) >= 11 is 5.48. The zero-order chi connectivity index (χ0) is 19.9. The monoisotopic (exact) mass is 394 g/mol. The zero-order valence-corrected chi connectivity index (χ0v) is 15.8. The Morgan fingerprint density at radius 3 is 2.61 bits per heavy atom. The summed E-state index contributed by atoms with van der Waals surface area (Å²) in [6.45, 7) is 0.0555. The average Bonchev–Trinajstić information content (AvgIpc) is 3.19. The fourth-order valence-corrected chi connectivity index (χ4v) is 2.93. The van der Waals surface area contributed by atoms with Gasteiger partial charge in [0.2, 0.25) is 11.8 Å². The fraction of sp³-hybridized carbons (Fsp3) is 0.0952. The van der Waals surface area contributed by atoms with Crippen molar-refractivity contribution in [3.05, 3.63) is 84.2 Å². The van der Waals surface area contributed by atoms with Gasteiger partial charge in [-0.2, -0.15) is 5.10 Å². The van der Waals surface area contributed by atoms with Crippen molar-refractivity contribution < 1.29 is 9.59 Å². The molecular formula is C21H19ClN4O2. The molecule has 2 amide bonds. The highest BCUT2D eigenvalue weighted by Crippen LogP contribution is 2.22. The molecule has 2 N–H and O–H groups in total. The minimum absolute atomic E-state index is 0.184. The van der Waals surface area contributed by atoms with Gasteiger partial charge in [0.05, 0.1) is 18.4 Å². The van der Waals surface area contributed by atoms with Gasteiger partial charge in [-0.3, -0.25) is 9.59 Å². The highest BCUT2D eigenvalue weighted by molar-refractivity contribution is 6.26. The van der Waals surface area contributed by atoms with Crippen molar-refractivity contribution in [2.24, 2.45) is 5.73 Å². The number of nitrogens with zero attached hydrogens (tertiary/aromatic N) is 3. The van der Waals surface area contributed by atoms with Crippen LogP contribution in [0.2, 0.25) is 0 Å². The standard InChI is InChI=1S/C21H19ClN4O2/c22-10-9-21(28)25(15-20(23)27)13-16-5-4-6-17(11-16)18-12-24-26(14-18)19-7-2-1-3-8-19/h1-12,14H,13,15H2,(H2,23,27)/b10-9-. The second kappa shape index (κ2) is 9.01. The summed E-state index contributed by atoms with van der Waals surface area (Å²) in [6.07, 6.45) is 4.92. The summed E-state index contributed by atoms with van der Waals surface area (Å²) in [6, 6.07) is 17.5. The Morgan fingerprint density at radius 1 is 1.11 bits per heavy atom. The number of amides is 2. The number of carbonyl (C=O) groups is 2. The molecule has 0 fully saturated rings. The molecule has 1 aromatic heterocycles. The first-order chi connectivity index (χ1) is 13.6. The second-order valence-electron chi connectivity index (χ2n) is 6.16. The third-order valence-electron chi connectivity index (χ3n) is 4.10. The van der Waals surface area contributed by atoms with Crippen LogP contribution < -0.4 is 5.73 Å². The summed E-state index contributed by atoms with van der Waals surface area (Å²) in [4.78, 5) is 24.8. The number of benzene rings is 2. The normalized spacial score (nSPS) is 10.9. The molecule has 0 aliphatic carbocycles. The number of aromatic nitrogens is 2. The molecule has 7 heteroatoms. The van der Waals surface area contributed by atoms with E-state index in [1.165, 1.54) is 11.0 Å². The lowest BCUT2D eigenvalue weighted by molar-refractivity contribution is -0.131. The largest absolute Gasteiger partial charge is 0.368 e. The van der Waals surface area contributed by atoms with Gasteiger partial charge in [0.15, 0.2) is 0 Å². The molecule has 0 unspecified atom stereocenters. The van der Waals surface area contributed by atoms with Crippen LogP contribution in [0, 0.1) is 0 Å². The zero-order valence-electron chi connectivity index (χ0n) is 15.0. The van der Waals surface area contributed by atoms with Crippen LogP contribution in [-0.2, 0) is 16.1 Å². The van der Waals surface area contributed by atoms with Gasteiger partial charge in [-0.1, -0.05) is 48.0 Å². The SMILES string of the molecule is NC(=O)CN(Cc1cccc(-c2cnn(-c3ccccc3)c2)c1)C(=O)/C=C\Cl. The summed E-state index contributed by atoms with van der Waals surface area (Å²) in [5.74, 6) is -0.965. The van der Waals surface area contributed by atoms with Crippen molar-refractivity contribution in [1.82, 2.24) is 14.7 Å². The minimum Gasteiger partial charge on any atom is -0.368 e. The van der Waals surface area contributed by atoms with Gasteiger partial charge in [0.1, 0.15) is 0 Å². The van der Waals surface area contributed by atoms with E-state index in [9.17, 15) is 9.59 Å². The molecule has 0 spiro atoms. The third-order valence-corrected chi connectivity index (χ3v) is 4.23. The molecule has 0 bridgehead atoms. The van der Waals surface area contributed by atoms with E-state index in [1.54, 1.807) is 10.9 Å². The van der Waals surface area contributed by atoms with E-state index in [1.807, 2.05) is 60.8 Å². The number of hydrogen-bond donors (Lipinski definition) is 1. The van der Waals surface area contributed by atoms with Crippen LogP contribution in [0.15, 0.2) is 78.6 Å². The lowest BCUT2D eigenvalue weighted by atomic mass is 10.1. The molecule has 0 aliphatic rings. The smallest absolute Gasteiger partial charge is 0.248 e. The predicted molar refractivity (Wildman–Crippen MR) is 109 cm³/mol. The minimum atomic E-state index is -0.586. The lowest BCUT2D eigenvalue weighted by Gasteiger charge is -2.19. The van der Waals surface area contributed by atoms with E-state index in [2.05, 4.69) is 5.10 Å². The highest BCUT2D eigenvalue weighted by atomic mass is 35.5. The summed E-state index contributed by atoms with van der Waals surface area (Å²) in [5.41, 5.74) is 10.1. The van der Waals surface area contributed by atoms with Crippen LogP contribution in [0.25, 0.3) is 16.8 Å². The number of carbonyl (C=O) groups excluding carboxylic acids is 2. The number of nitrogens with two attached hydrogens (primary N) is 1. The first-order valence-electron chi connectivity index (χ1n) is 8.60. The maximum Gasteiger partial charge on any atom is 0.248 e. The Morgan fingerprint density at radius 2 is 1.89 bits per heavy atom. The summed E-state index contributed by atoms with van der Waals surface area (Å²) in [5, 5.41) is 4.41. The van der Waals surface area contributed by atoms with Gasteiger partial charge in [0.25, 0.3) is 0 Å². The van der Waals surface area contributed by atoms with Gasteiger partial charge in [0, 0.05) is 29.9 Å². The highest BCUT2D eigenvalue weighted by Gasteiger charge is 2.14. The number of primary amides is 1. The van der Waals surface area contributed by atoms with Gasteiger partial charge < -0.3 is 10.6 Å². The Kier molecular flexibility index (Phi) is 6.24. The van der Waals surface area contributed by atoms with Crippen molar-refractivity contribution in [2.45, 2.75) is 6.54 Å². The van der Waals surface area contributed by atoms with E-state index >= 15 is 0 Å². The molecule has 2 aromatic carbocycles. The Bertz CT molecular complexity index is 998. The summed E-state index contributed by atoms with van der Waals surface area (Å²) < 4.78 is 1.80. The molecule has 28 heavy (non-hydrogen) atoms. The Hall–Kier alpha value is -3.38. The number of para-hydroxylation sites is 1. The van der Waals surface area contributed by atoms with Crippen LogP contribution in [0.1, 0.15) is 5.56 Å². The maximum atomic E-state index is 12.1. The van der Waals surface area contributed by atoms with Crippen LogP contribution in [-0.4, -0.2) is 33.0 Å². The average molecular weight is 395 g/mol. The van der Waals surface area contributed by atoms with Crippen molar-refractivity contribution in [3.63, 3.8) is 0 Å². The van der Waals surface area contributed by atoms with Gasteiger partial charge in [-0.25, -0.2) is 4.68 Å². The number of halogens is 1. The molecule has 0 aliphatic heterocycles. The molecule has 0 atom stereocenters. The number of hydrogen-bond acceptors (Lipinski definition) is 3. The number of rotatable bonds is 7.